The number of carbonyl (C=O) groups excluding carboxylic acids is 1. The Kier molecular flexibility index (Phi) is 5.09. The predicted octanol–water partition coefficient (Wildman–Crippen LogP) is 4.63. The molecule has 0 amide bonds. The summed E-state index contributed by atoms with van der Waals surface area (Å²) in [6.45, 7) is 2.45. The van der Waals surface area contributed by atoms with Gasteiger partial charge in [-0.15, -0.1) is 11.3 Å². The van der Waals surface area contributed by atoms with Gasteiger partial charge < -0.3 is 16.2 Å². The number of hydrogen-bond acceptors (Lipinski definition) is 7. The molecule has 6 nitrogen and oxygen atoms in total. The van der Waals surface area contributed by atoms with Gasteiger partial charge in [-0.1, -0.05) is 30.3 Å². The summed E-state index contributed by atoms with van der Waals surface area (Å²) in [6.07, 6.45) is 0. The quantitative estimate of drug-likeness (QED) is 0.460. The van der Waals surface area contributed by atoms with E-state index in [-0.39, 0.29) is 17.2 Å². The molecule has 0 aliphatic heterocycles. The second kappa shape index (κ2) is 7.85. The second-order valence-electron chi connectivity index (χ2n) is 6.54. The zero-order chi connectivity index (χ0) is 21.3. The number of aromatic nitrogens is 1. The van der Waals surface area contributed by atoms with Crippen molar-refractivity contribution in [1.82, 2.24) is 4.98 Å². The van der Waals surface area contributed by atoms with Gasteiger partial charge in [0, 0.05) is 16.5 Å². The summed E-state index contributed by atoms with van der Waals surface area (Å²) in [4.78, 5) is 18.4. The van der Waals surface area contributed by atoms with Crippen molar-refractivity contribution in [2.24, 2.45) is 0 Å². The van der Waals surface area contributed by atoms with Gasteiger partial charge >= 0.3 is 0 Å². The maximum absolute atomic E-state index is 13.2. The van der Waals surface area contributed by atoms with Gasteiger partial charge in [-0.05, 0) is 36.8 Å². The monoisotopic (exact) mass is 414 g/mol. The average Bonchev–Trinajstić information content (AvgIpc) is 3.09. The SMILES string of the molecule is CCOc1ccc(C(=O)c2sc3nc(N)c(C#N)c(-c4ccccc4)c3c2N)cc1. The van der Waals surface area contributed by atoms with E-state index in [0.29, 0.717) is 44.3 Å². The van der Waals surface area contributed by atoms with Gasteiger partial charge in [0.25, 0.3) is 0 Å². The summed E-state index contributed by atoms with van der Waals surface area (Å²) in [5.41, 5.74) is 14.9. The van der Waals surface area contributed by atoms with Crippen LogP contribution >= 0.6 is 11.3 Å². The fourth-order valence-electron chi connectivity index (χ4n) is 3.35. The third kappa shape index (κ3) is 3.23. The van der Waals surface area contributed by atoms with Crippen LogP contribution in [0.5, 0.6) is 5.75 Å². The van der Waals surface area contributed by atoms with Crippen molar-refractivity contribution < 1.29 is 9.53 Å². The third-order valence-corrected chi connectivity index (χ3v) is 5.81. The van der Waals surface area contributed by atoms with Crippen LogP contribution in [0.4, 0.5) is 11.5 Å². The number of nitrogen functional groups attached to an aromatic ring is 2. The van der Waals surface area contributed by atoms with E-state index >= 15 is 0 Å². The van der Waals surface area contributed by atoms with Crippen LogP contribution in [0.3, 0.4) is 0 Å². The lowest BCUT2D eigenvalue weighted by atomic mass is 9.97. The number of pyridine rings is 1. The number of benzene rings is 2. The number of nitriles is 1. The van der Waals surface area contributed by atoms with E-state index < -0.39 is 0 Å². The average molecular weight is 414 g/mol. The first kappa shape index (κ1) is 19.4. The minimum absolute atomic E-state index is 0.116. The van der Waals surface area contributed by atoms with Gasteiger partial charge in [0.1, 0.15) is 32.9 Å². The lowest BCUT2D eigenvalue weighted by Gasteiger charge is -2.09. The highest BCUT2D eigenvalue weighted by Crippen LogP contribution is 2.43. The zero-order valence-corrected chi connectivity index (χ0v) is 17.0. The van der Waals surface area contributed by atoms with Crippen molar-refractivity contribution in [3.63, 3.8) is 0 Å². The first-order valence-corrected chi connectivity index (χ1v) is 10.1. The number of ketones is 1. The number of rotatable bonds is 5. The van der Waals surface area contributed by atoms with Crippen molar-refractivity contribution in [1.29, 1.82) is 5.26 Å². The molecule has 148 valence electrons. The number of thiophene rings is 1. The molecule has 2 aromatic carbocycles. The number of hydrogen-bond donors (Lipinski definition) is 2. The van der Waals surface area contributed by atoms with Crippen molar-refractivity contribution in [3.05, 3.63) is 70.6 Å². The van der Waals surface area contributed by atoms with E-state index in [0.717, 1.165) is 5.56 Å². The molecule has 2 heterocycles. The number of fused-ring (bicyclic) bond motifs is 1. The maximum atomic E-state index is 13.2. The summed E-state index contributed by atoms with van der Waals surface area (Å²) in [7, 11) is 0. The van der Waals surface area contributed by atoms with Gasteiger partial charge in [0.15, 0.2) is 0 Å². The molecule has 0 fully saturated rings. The molecule has 0 aliphatic rings. The van der Waals surface area contributed by atoms with E-state index in [2.05, 4.69) is 11.1 Å². The summed E-state index contributed by atoms with van der Waals surface area (Å²) in [6, 6.07) is 18.4. The Morgan fingerprint density at radius 3 is 2.47 bits per heavy atom. The van der Waals surface area contributed by atoms with E-state index in [1.807, 2.05) is 37.3 Å². The Balaban J connectivity index is 1.91. The van der Waals surface area contributed by atoms with Crippen LogP contribution in [0.15, 0.2) is 54.6 Å². The van der Waals surface area contributed by atoms with Crippen LogP contribution in [0.1, 0.15) is 27.7 Å². The Morgan fingerprint density at radius 2 is 1.83 bits per heavy atom. The zero-order valence-electron chi connectivity index (χ0n) is 16.2. The maximum Gasteiger partial charge on any atom is 0.205 e. The van der Waals surface area contributed by atoms with Gasteiger partial charge in [-0.2, -0.15) is 5.26 Å². The van der Waals surface area contributed by atoms with Gasteiger partial charge in [-0.25, -0.2) is 4.98 Å². The van der Waals surface area contributed by atoms with Crippen LogP contribution in [0, 0.1) is 11.3 Å². The van der Waals surface area contributed by atoms with Crippen molar-refractivity contribution in [2.75, 3.05) is 18.1 Å². The van der Waals surface area contributed by atoms with Crippen LogP contribution < -0.4 is 16.2 Å². The molecule has 2 aromatic heterocycles. The highest BCUT2D eigenvalue weighted by Gasteiger charge is 2.24. The minimum atomic E-state index is -0.213. The van der Waals surface area contributed by atoms with Crippen LogP contribution in [0.2, 0.25) is 0 Å². The lowest BCUT2D eigenvalue weighted by molar-refractivity contribution is 0.104. The van der Waals surface area contributed by atoms with Gasteiger partial charge in [-0.3, -0.25) is 4.79 Å². The predicted molar refractivity (Wildman–Crippen MR) is 120 cm³/mol. The highest BCUT2D eigenvalue weighted by molar-refractivity contribution is 7.21. The standard InChI is InChI=1S/C23H18N4O2S/c1-2-29-15-10-8-14(9-11-15)20(28)21-19(25)18-17(13-6-4-3-5-7-13)16(12-24)22(26)27-23(18)30-21/h3-11H,2,25H2,1H3,(H2,26,27). The van der Waals surface area contributed by atoms with Crippen LogP contribution in [0.25, 0.3) is 21.3 Å². The Bertz CT molecular complexity index is 1290. The molecule has 0 spiro atoms. The second-order valence-corrected chi connectivity index (χ2v) is 7.54. The molecule has 0 saturated heterocycles. The largest absolute Gasteiger partial charge is 0.494 e. The number of carbonyl (C=O) groups is 1. The molecule has 7 heteroatoms. The smallest absolute Gasteiger partial charge is 0.205 e. The lowest BCUT2D eigenvalue weighted by Crippen LogP contribution is -2.03. The minimum Gasteiger partial charge on any atom is -0.494 e. The molecular weight excluding hydrogens is 396 g/mol. The number of nitrogens with zero attached hydrogens (tertiary/aromatic N) is 2. The molecule has 0 atom stereocenters. The van der Waals surface area contributed by atoms with Gasteiger partial charge in [0.2, 0.25) is 5.78 Å². The summed E-state index contributed by atoms with van der Waals surface area (Å²) in [5, 5.41) is 10.3. The van der Waals surface area contributed by atoms with Crippen molar-refractivity contribution >= 4 is 38.8 Å². The Morgan fingerprint density at radius 1 is 1.13 bits per heavy atom. The number of nitrogens with two attached hydrogens (primary N) is 2. The van der Waals surface area contributed by atoms with Crippen LogP contribution in [-0.4, -0.2) is 17.4 Å². The molecule has 30 heavy (non-hydrogen) atoms. The molecule has 0 unspecified atom stereocenters. The van der Waals surface area contributed by atoms with E-state index in [1.54, 1.807) is 24.3 Å². The van der Waals surface area contributed by atoms with E-state index in [4.69, 9.17) is 16.2 Å². The molecule has 4 N–H and O–H groups in total. The fourth-order valence-corrected chi connectivity index (χ4v) is 4.42. The summed E-state index contributed by atoms with van der Waals surface area (Å²) in [5.74, 6) is 0.595. The topological polar surface area (TPSA) is 115 Å². The van der Waals surface area contributed by atoms with E-state index in [9.17, 15) is 10.1 Å². The van der Waals surface area contributed by atoms with Gasteiger partial charge in [0.05, 0.1) is 12.3 Å². The first-order chi connectivity index (χ1) is 14.5. The van der Waals surface area contributed by atoms with E-state index in [1.165, 1.54) is 11.3 Å². The van der Waals surface area contributed by atoms with Crippen molar-refractivity contribution in [2.45, 2.75) is 6.92 Å². The first-order valence-electron chi connectivity index (χ1n) is 9.29. The third-order valence-electron chi connectivity index (χ3n) is 4.71. The number of anilines is 2. The Labute approximate surface area is 177 Å². The molecule has 4 rings (SSSR count). The molecular formula is C23H18N4O2S. The highest BCUT2D eigenvalue weighted by atomic mass is 32.1. The van der Waals surface area contributed by atoms with Crippen LogP contribution in [-0.2, 0) is 0 Å². The molecule has 0 bridgehead atoms. The molecule has 0 aliphatic carbocycles. The summed E-state index contributed by atoms with van der Waals surface area (Å²) >= 11 is 1.18. The molecule has 0 saturated carbocycles. The molecule has 0 radical (unpaired) electrons. The van der Waals surface area contributed by atoms with Crippen molar-refractivity contribution in [3.8, 4) is 22.9 Å². The molecule has 4 aromatic rings. The summed E-state index contributed by atoms with van der Waals surface area (Å²) < 4.78 is 5.43. The normalized spacial score (nSPS) is 10.7. The number of ether oxygens (including phenoxy) is 1. The fraction of sp³-hybridized carbons (Fsp3) is 0.0870. The Hall–Kier alpha value is -3.89.